The molecule has 3 nitrogen and oxygen atoms in total. The van der Waals surface area contributed by atoms with Crippen LogP contribution in [-0.2, 0) is 0 Å². The van der Waals surface area contributed by atoms with Crippen molar-refractivity contribution in [3.05, 3.63) is 34.7 Å². The van der Waals surface area contributed by atoms with Crippen LogP contribution in [0.3, 0.4) is 0 Å². The van der Waals surface area contributed by atoms with Gasteiger partial charge in [0.15, 0.2) is 27.8 Å². The second-order valence-electron chi connectivity index (χ2n) is 5.94. The number of nitrogens with zero attached hydrogens (tertiary/aromatic N) is 3. The molecular formula is C16H17ClF3N3S. The lowest BCUT2D eigenvalue weighted by atomic mass is 9.99. The first-order valence-corrected chi connectivity index (χ1v) is 9.24. The molecule has 1 aromatic carbocycles. The third-order valence-corrected chi connectivity index (χ3v) is 5.14. The summed E-state index contributed by atoms with van der Waals surface area (Å²) in [5.41, 5.74) is -0.353. The summed E-state index contributed by atoms with van der Waals surface area (Å²) in [4.78, 5) is 6.21. The van der Waals surface area contributed by atoms with Crippen molar-refractivity contribution in [1.82, 2.24) is 9.55 Å². The first-order valence-electron chi connectivity index (χ1n) is 7.64. The molecule has 0 N–H and O–H groups in total. The first kappa shape index (κ1) is 17.5. The predicted octanol–water partition coefficient (Wildman–Crippen LogP) is 4.90. The molecule has 1 aliphatic heterocycles. The molecule has 0 spiro atoms. The average Bonchev–Trinajstić information content (AvgIpc) is 2.84. The third-order valence-electron chi connectivity index (χ3n) is 4.25. The Morgan fingerprint density at radius 3 is 2.29 bits per heavy atom. The summed E-state index contributed by atoms with van der Waals surface area (Å²) in [6.45, 7) is 3.62. The van der Waals surface area contributed by atoms with Crippen molar-refractivity contribution in [3.8, 4) is 5.69 Å². The van der Waals surface area contributed by atoms with Crippen molar-refractivity contribution >= 4 is 29.2 Å². The van der Waals surface area contributed by atoms with Crippen molar-refractivity contribution in [2.24, 2.45) is 5.92 Å². The highest BCUT2D eigenvalue weighted by Gasteiger charge is 2.28. The molecule has 1 saturated heterocycles. The van der Waals surface area contributed by atoms with Crippen LogP contribution >= 0.6 is 23.4 Å². The molecule has 8 heteroatoms. The summed E-state index contributed by atoms with van der Waals surface area (Å²) in [5, 5.41) is 0.551. The number of hydrogen-bond acceptors (Lipinski definition) is 3. The molecule has 24 heavy (non-hydrogen) atoms. The minimum Gasteiger partial charge on any atom is -0.355 e. The number of halogens is 4. The van der Waals surface area contributed by atoms with E-state index in [1.54, 1.807) is 6.26 Å². The van der Waals surface area contributed by atoms with Crippen LogP contribution in [0.25, 0.3) is 5.69 Å². The Morgan fingerprint density at radius 2 is 1.75 bits per heavy atom. The molecule has 0 radical (unpaired) electrons. The zero-order valence-corrected chi connectivity index (χ0v) is 14.9. The molecule has 0 amide bonds. The van der Waals surface area contributed by atoms with Crippen molar-refractivity contribution in [3.63, 3.8) is 0 Å². The number of piperidine rings is 1. The van der Waals surface area contributed by atoms with Gasteiger partial charge in [-0.25, -0.2) is 18.2 Å². The van der Waals surface area contributed by atoms with Gasteiger partial charge in [0.1, 0.15) is 11.5 Å². The number of anilines is 1. The summed E-state index contributed by atoms with van der Waals surface area (Å²) in [6.07, 6.45) is 3.67. The van der Waals surface area contributed by atoms with Gasteiger partial charge in [0.25, 0.3) is 0 Å². The molecule has 130 valence electrons. The van der Waals surface area contributed by atoms with Gasteiger partial charge in [-0.3, -0.25) is 4.57 Å². The highest BCUT2D eigenvalue weighted by molar-refractivity contribution is 7.98. The normalized spacial score (nSPS) is 16.0. The van der Waals surface area contributed by atoms with E-state index in [0.29, 0.717) is 29.0 Å². The lowest BCUT2D eigenvalue weighted by molar-refractivity contribution is 0.434. The molecule has 1 fully saturated rings. The number of imidazole rings is 1. The number of hydrogen-bond donors (Lipinski definition) is 0. The fraction of sp³-hybridized carbons (Fsp3) is 0.438. The van der Waals surface area contributed by atoms with Crippen LogP contribution in [-0.4, -0.2) is 28.9 Å². The third kappa shape index (κ3) is 3.11. The van der Waals surface area contributed by atoms with Gasteiger partial charge in [-0.15, -0.1) is 0 Å². The van der Waals surface area contributed by atoms with E-state index in [1.165, 1.54) is 16.3 Å². The Balaban J connectivity index is 2.17. The lowest BCUT2D eigenvalue weighted by Crippen LogP contribution is -2.34. The van der Waals surface area contributed by atoms with E-state index in [-0.39, 0.29) is 10.8 Å². The van der Waals surface area contributed by atoms with Gasteiger partial charge in [-0.05, 0) is 25.0 Å². The summed E-state index contributed by atoms with van der Waals surface area (Å²) in [6, 6.07) is 1.33. The van der Waals surface area contributed by atoms with Gasteiger partial charge in [-0.1, -0.05) is 30.3 Å². The second kappa shape index (κ2) is 6.88. The van der Waals surface area contributed by atoms with Crippen molar-refractivity contribution in [2.45, 2.75) is 24.9 Å². The fourth-order valence-corrected chi connectivity index (χ4v) is 3.82. The van der Waals surface area contributed by atoms with Crippen LogP contribution in [0.2, 0.25) is 5.15 Å². The Kier molecular flexibility index (Phi) is 5.01. The molecule has 2 aromatic rings. The largest absolute Gasteiger partial charge is 0.355 e. The van der Waals surface area contributed by atoms with Crippen LogP contribution in [0.4, 0.5) is 19.0 Å². The maximum absolute atomic E-state index is 14.3. The Labute approximate surface area is 147 Å². The maximum atomic E-state index is 14.3. The first-order chi connectivity index (χ1) is 11.4. The van der Waals surface area contributed by atoms with Crippen molar-refractivity contribution in [1.29, 1.82) is 0 Å². The van der Waals surface area contributed by atoms with Crippen LogP contribution in [0, 0.1) is 23.4 Å². The summed E-state index contributed by atoms with van der Waals surface area (Å²) < 4.78 is 43.3. The smallest absolute Gasteiger partial charge is 0.175 e. The van der Waals surface area contributed by atoms with Crippen molar-refractivity contribution < 1.29 is 13.2 Å². The molecule has 0 saturated carbocycles. The SMILES string of the molecule is CSc1nc(Cl)c(N2CCC(C)CC2)n1-c1c(F)cc(F)cc1F. The lowest BCUT2D eigenvalue weighted by Gasteiger charge is -2.32. The minimum atomic E-state index is -0.983. The highest BCUT2D eigenvalue weighted by atomic mass is 35.5. The molecule has 0 unspecified atom stereocenters. The van der Waals surface area contributed by atoms with Gasteiger partial charge in [0.05, 0.1) is 0 Å². The molecule has 3 rings (SSSR count). The fourth-order valence-electron chi connectivity index (χ4n) is 2.95. The van der Waals surface area contributed by atoms with E-state index in [9.17, 15) is 13.2 Å². The predicted molar refractivity (Wildman–Crippen MR) is 90.8 cm³/mol. The second-order valence-corrected chi connectivity index (χ2v) is 7.07. The van der Waals surface area contributed by atoms with E-state index in [4.69, 9.17) is 11.6 Å². The average molecular weight is 376 g/mol. The molecule has 0 aliphatic carbocycles. The van der Waals surface area contributed by atoms with Crippen molar-refractivity contribution in [2.75, 3.05) is 24.2 Å². The minimum absolute atomic E-state index is 0.192. The van der Waals surface area contributed by atoms with E-state index < -0.39 is 17.5 Å². The summed E-state index contributed by atoms with van der Waals surface area (Å²) in [5.74, 6) is -1.88. The molecule has 1 aliphatic rings. The van der Waals surface area contributed by atoms with Gasteiger partial charge < -0.3 is 4.90 Å². The van der Waals surface area contributed by atoms with E-state index in [1.807, 2.05) is 4.90 Å². The zero-order valence-electron chi connectivity index (χ0n) is 13.3. The van der Waals surface area contributed by atoms with Crippen LogP contribution in [0.1, 0.15) is 19.8 Å². The number of benzene rings is 1. The standard InChI is InChI=1S/C16H17ClF3N3S/c1-9-3-5-22(6-4-9)15-14(17)21-16(24-2)23(15)13-11(19)7-10(18)8-12(13)20/h7-9H,3-6H2,1-2H3. The van der Waals surface area contributed by atoms with Gasteiger partial charge in [0, 0.05) is 25.2 Å². The van der Waals surface area contributed by atoms with E-state index >= 15 is 0 Å². The zero-order chi connectivity index (χ0) is 17.4. The molecule has 0 atom stereocenters. The summed E-state index contributed by atoms with van der Waals surface area (Å²) in [7, 11) is 0. The molecular weight excluding hydrogens is 359 g/mol. The topological polar surface area (TPSA) is 21.1 Å². The Hall–Kier alpha value is -1.34. The van der Waals surface area contributed by atoms with E-state index in [0.717, 1.165) is 25.9 Å². The van der Waals surface area contributed by atoms with Gasteiger partial charge >= 0.3 is 0 Å². The van der Waals surface area contributed by atoms with Crippen LogP contribution in [0.5, 0.6) is 0 Å². The monoisotopic (exact) mass is 375 g/mol. The Bertz CT molecular complexity index is 734. The maximum Gasteiger partial charge on any atom is 0.175 e. The van der Waals surface area contributed by atoms with E-state index in [2.05, 4.69) is 11.9 Å². The summed E-state index contributed by atoms with van der Waals surface area (Å²) >= 11 is 7.50. The number of rotatable bonds is 3. The molecule has 2 heterocycles. The highest BCUT2D eigenvalue weighted by Crippen LogP contribution is 2.37. The Morgan fingerprint density at radius 1 is 1.17 bits per heavy atom. The molecule has 1 aromatic heterocycles. The van der Waals surface area contributed by atoms with Crippen LogP contribution in [0.15, 0.2) is 17.3 Å². The van der Waals surface area contributed by atoms with Crippen LogP contribution < -0.4 is 4.90 Å². The van der Waals surface area contributed by atoms with Gasteiger partial charge in [-0.2, -0.15) is 0 Å². The number of thioether (sulfide) groups is 1. The van der Waals surface area contributed by atoms with Gasteiger partial charge in [0.2, 0.25) is 0 Å². The molecule has 0 bridgehead atoms. The quantitative estimate of drug-likeness (QED) is 0.712. The number of aromatic nitrogens is 2.